The van der Waals surface area contributed by atoms with Gasteiger partial charge in [-0.15, -0.1) is 0 Å². The Morgan fingerprint density at radius 3 is 2.50 bits per heavy atom. The lowest BCUT2D eigenvalue weighted by atomic mass is 10.4. The van der Waals surface area contributed by atoms with E-state index in [-0.39, 0.29) is 0 Å². The molecule has 4 heteroatoms. The molecular weight excluding hydrogens is 169 g/mol. The summed E-state index contributed by atoms with van der Waals surface area (Å²) in [7, 11) is 2.47. The first-order valence-corrected chi connectivity index (χ1v) is 5.22. The van der Waals surface area contributed by atoms with Gasteiger partial charge in [0.25, 0.3) is 0 Å². The molecule has 0 saturated carbocycles. The van der Waals surface area contributed by atoms with E-state index < -0.39 is 0 Å². The predicted molar refractivity (Wildman–Crippen MR) is 53.9 cm³/mol. The van der Waals surface area contributed by atoms with Crippen LogP contribution < -0.4 is 0 Å². The summed E-state index contributed by atoms with van der Waals surface area (Å²) in [4.78, 5) is 0. The van der Waals surface area contributed by atoms with Crippen molar-refractivity contribution in [3.63, 3.8) is 0 Å². The Morgan fingerprint density at radius 2 is 1.83 bits per heavy atom. The summed E-state index contributed by atoms with van der Waals surface area (Å²) in [6.45, 7) is 3.63. The van der Waals surface area contributed by atoms with Crippen molar-refractivity contribution in [3.05, 3.63) is 0 Å². The monoisotopic (exact) mass is 185 g/mol. The molecule has 1 unspecified atom stereocenters. The summed E-state index contributed by atoms with van der Waals surface area (Å²) in [5.74, 6) is 1.25. The minimum Gasteiger partial charge on any atom is -0.293 e. The molecule has 0 radical (unpaired) electrons. The van der Waals surface area contributed by atoms with Crippen LogP contribution in [0.3, 0.4) is 0 Å². The molecule has 2 rings (SSSR count). The molecule has 0 N–H and O–H groups in total. The topological polar surface area (TPSA) is 18.8 Å². The maximum absolute atomic E-state index is 4.23. The molecule has 2 aliphatic rings. The molecule has 3 nitrogen and oxygen atoms in total. The van der Waals surface area contributed by atoms with Gasteiger partial charge in [-0.2, -0.15) is 0 Å². The molecule has 0 aromatic rings. The number of hydrogen-bond acceptors (Lipinski definition) is 2. The van der Waals surface area contributed by atoms with Gasteiger partial charge in [0.2, 0.25) is 0 Å². The van der Waals surface area contributed by atoms with Crippen molar-refractivity contribution in [3.8, 4) is 0 Å². The number of hydrogen-bond donors (Lipinski definition) is 0. The fourth-order valence-electron chi connectivity index (χ4n) is 2.02. The first kappa shape index (κ1) is 8.46. The van der Waals surface area contributed by atoms with Gasteiger partial charge in [0, 0.05) is 26.1 Å². The van der Waals surface area contributed by atoms with Gasteiger partial charge in [0.1, 0.15) is 5.84 Å². The first-order valence-electron chi connectivity index (χ1n) is 4.71. The Hall–Kier alpha value is -0.140. The van der Waals surface area contributed by atoms with Gasteiger partial charge < -0.3 is 0 Å². The zero-order valence-corrected chi connectivity index (χ0v) is 8.52. The fourth-order valence-corrected chi connectivity index (χ4v) is 2.29. The summed E-state index contributed by atoms with van der Waals surface area (Å²) in [6, 6.07) is 0. The third kappa shape index (κ3) is 1.48. The van der Waals surface area contributed by atoms with Gasteiger partial charge in [0.15, 0.2) is 0 Å². The van der Waals surface area contributed by atoms with Crippen LogP contribution in [0.15, 0.2) is 4.76 Å². The molecule has 0 aromatic heterocycles. The number of hydrazine groups is 1. The molecule has 2 heterocycles. The van der Waals surface area contributed by atoms with Crippen LogP contribution in [0.25, 0.3) is 0 Å². The van der Waals surface area contributed by atoms with E-state index in [4.69, 9.17) is 0 Å². The average Bonchev–Trinajstić information content (AvgIpc) is 2.74. The van der Waals surface area contributed by atoms with Crippen LogP contribution in [0.5, 0.6) is 0 Å². The van der Waals surface area contributed by atoms with Crippen molar-refractivity contribution in [2.75, 3.05) is 19.6 Å². The molecule has 0 amide bonds. The molecule has 1 atom stereocenters. The van der Waals surface area contributed by atoms with Crippen LogP contribution >= 0.6 is 9.39 Å². The molecule has 12 heavy (non-hydrogen) atoms. The zero-order valence-electron chi connectivity index (χ0n) is 7.37. The van der Waals surface area contributed by atoms with Crippen LogP contribution in [0.1, 0.15) is 25.7 Å². The van der Waals surface area contributed by atoms with Crippen molar-refractivity contribution in [1.29, 1.82) is 0 Å². The van der Waals surface area contributed by atoms with Crippen molar-refractivity contribution in [2.45, 2.75) is 25.7 Å². The summed E-state index contributed by atoms with van der Waals surface area (Å²) >= 11 is 0. The highest BCUT2D eigenvalue weighted by Gasteiger charge is 2.25. The van der Waals surface area contributed by atoms with Gasteiger partial charge in [-0.25, -0.2) is 5.01 Å². The summed E-state index contributed by atoms with van der Waals surface area (Å²) in [5.41, 5.74) is 0. The number of nitrogens with zero attached hydrogens (tertiary/aromatic N) is 3. The van der Waals surface area contributed by atoms with E-state index in [1.165, 1.54) is 44.7 Å². The van der Waals surface area contributed by atoms with Gasteiger partial charge in [-0.3, -0.25) is 9.77 Å². The third-order valence-electron chi connectivity index (χ3n) is 2.64. The Morgan fingerprint density at radius 1 is 1.08 bits per heavy atom. The highest BCUT2D eigenvalue weighted by molar-refractivity contribution is 7.15. The highest BCUT2D eigenvalue weighted by Crippen LogP contribution is 2.19. The number of amidine groups is 1. The van der Waals surface area contributed by atoms with Gasteiger partial charge in [-0.1, -0.05) is 0 Å². The van der Waals surface area contributed by atoms with Gasteiger partial charge in [-0.05, 0) is 28.7 Å². The second kappa shape index (κ2) is 3.71. The molecule has 0 aliphatic carbocycles. The summed E-state index contributed by atoms with van der Waals surface area (Å²) < 4.78 is 4.23. The van der Waals surface area contributed by atoms with E-state index in [9.17, 15) is 0 Å². The lowest BCUT2D eigenvalue weighted by Crippen LogP contribution is -2.41. The third-order valence-corrected chi connectivity index (χ3v) is 2.94. The summed E-state index contributed by atoms with van der Waals surface area (Å²) in [6.07, 6.45) is 5.12. The standard InChI is InChI=1S/C8H16N3P/c12-9-8-4-3-7-11(8)10-5-1-2-6-10/h1-7,12H2. The fraction of sp³-hybridized carbons (Fsp3) is 0.875. The van der Waals surface area contributed by atoms with Gasteiger partial charge >= 0.3 is 0 Å². The average molecular weight is 185 g/mol. The Balaban J connectivity index is 2.01. The highest BCUT2D eigenvalue weighted by atomic mass is 31.0. The lowest BCUT2D eigenvalue weighted by Gasteiger charge is -2.29. The second-order valence-electron chi connectivity index (χ2n) is 3.43. The van der Waals surface area contributed by atoms with E-state index in [1.54, 1.807) is 0 Å². The van der Waals surface area contributed by atoms with E-state index in [0.717, 1.165) is 6.42 Å². The molecular formula is C8H16N3P. The van der Waals surface area contributed by atoms with Crippen LogP contribution in [0.2, 0.25) is 0 Å². The normalized spacial score (nSPS) is 29.1. The molecule has 2 fully saturated rings. The van der Waals surface area contributed by atoms with Crippen LogP contribution in [-0.4, -0.2) is 35.5 Å². The molecule has 2 aliphatic heterocycles. The Bertz CT molecular complexity index is 187. The van der Waals surface area contributed by atoms with Crippen molar-refractivity contribution >= 4 is 15.2 Å². The Kier molecular flexibility index (Phi) is 2.62. The Labute approximate surface area is 76.1 Å². The molecule has 68 valence electrons. The van der Waals surface area contributed by atoms with E-state index in [0.29, 0.717) is 0 Å². The predicted octanol–water partition coefficient (Wildman–Crippen LogP) is 1.28. The number of rotatable bonds is 1. The van der Waals surface area contributed by atoms with E-state index in [2.05, 4.69) is 24.2 Å². The maximum atomic E-state index is 4.23. The van der Waals surface area contributed by atoms with Crippen molar-refractivity contribution in [2.24, 2.45) is 4.76 Å². The van der Waals surface area contributed by atoms with Crippen LogP contribution in [0.4, 0.5) is 0 Å². The SMILES string of the molecule is PN=C1CCCN1N1CCCC1. The largest absolute Gasteiger partial charge is 0.293 e. The van der Waals surface area contributed by atoms with Crippen molar-refractivity contribution in [1.82, 2.24) is 10.0 Å². The van der Waals surface area contributed by atoms with E-state index in [1.807, 2.05) is 0 Å². The van der Waals surface area contributed by atoms with Crippen LogP contribution in [0, 0.1) is 0 Å². The molecule has 0 bridgehead atoms. The molecule has 0 spiro atoms. The second-order valence-corrected chi connectivity index (χ2v) is 3.69. The van der Waals surface area contributed by atoms with Crippen molar-refractivity contribution < 1.29 is 0 Å². The smallest absolute Gasteiger partial charge is 0.117 e. The maximum Gasteiger partial charge on any atom is 0.117 e. The minimum atomic E-state index is 1.15. The lowest BCUT2D eigenvalue weighted by molar-refractivity contribution is 0.0862. The van der Waals surface area contributed by atoms with Gasteiger partial charge in [0.05, 0.1) is 0 Å². The van der Waals surface area contributed by atoms with E-state index >= 15 is 0 Å². The quantitative estimate of drug-likeness (QED) is 0.573. The molecule has 2 saturated heterocycles. The first-order chi connectivity index (χ1) is 5.92. The zero-order chi connectivity index (χ0) is 8.39. The molecule has 0 aromatic carbocycles. The van der Waals surface area contributed by atoms with Crippen LogP contribution in [-0.2, 0) is 0 Å². The summed E-state index contributed by atoms with van der Waals surface area (Å²) in [5, 5.41) is 4.80. The minimum absolute atomic E-state index is 1.15.